The van der Waals surface area contributed by atoms with Gasteiger partial charge in [-0.3, -0.25) is 4.79 Å². The van der Waals surface area contributed by atoms with E-state index in [0.29, 0.717) is 32.7 Å². The number of azide groups is 1. The Labute approximate surface area is 361 Å². The molecule has 0 saturated carbocycles. The molecule has 5 rings (SSSR count). The summed E-state index contributed by atoms with van der Waals surface area (Å²) < 4.78 is 57.1. The molecule has 18 heteroatoms. The molecule has 3 aliphatic heterocycles. The first-order chi connectivity index (χ1) is 29.8. The predicted molar refractivity (Wildman–Crippen MR) is 214 cm³/mol. The van der Waals surface area contributed by atoms with E-state index in [9.17, 15) is 15.4 Å². The molecule has 3 fully saturated rings. The first-order valence-corrected chi connectivity index (χ1v) is 20.3. The Morgan fingerprint density at radius 3 is 1.82 bits per heavy atom. The monoisotopic (exact) mass is 867 g/mol. The van der Waals surface area contributed by atoms with Crippen molar-refractivity contribution in [3.63, 3.8) is 0 Å². The summed E-state index contributed by atoms with van der Waals surface area (Å²) in [7, 11) is 0. The molecular weight excluding hydrogens is 810 g/mol. The first kappa shape index (κ1) is 51.5. The molecule has 0 aliphatic carbocycles. The summed E-state index contributed by atoms with van der Waals surface area (Å²) in [6, 6.07) is 18.6. The average molecular weight is 868 g/mol. The van der Waals surface area contributed by atoms with Crippen molar-refractivity contribution in [3.8, 4) is 12.3 Å². The van der Waals surface area contributed by atoms with Gasteiger partial charge in [0.05, 0.1) is 56.4 Å². The lowest BCUT2D eigenvalue weighted by Gasteiger charge is -2.50. The lowest BCUT2D eigenvalue weighted by Crippen LogP contribution is -2.62. The van der Waals surface area contributed by atoms with Gasteiger partial charge in [0.15, 0.2) is 18.9 Å². The minimum Gasteiger partial charge on any atom is -0.463 e. The zero-order valence-electron chi connectivity index (χ0n) is 35.8. The highest BCUT2D eigenvalue weighted by Crippen LogP contribution is 2.39. The number of carbonyl (C=O) groups is 1. The molecule has 0 spiro atoms. The number of aliphatic hydroxyl groups excluding tert-OH is 1. The predicted octanol–water partition coefficient (Wildman–Crippen LogP) is 4.92. The largest absolute Gasteiger partial charge is 0.463 e. The number of terminal acetylenes is 1. The van der Waals surface area contributed by atoms with Gasteiger partial charge in [0, 0.05) is 30.1 Å². The van der Waals surface area contributed by atoms with Crippen LogP contribution in [0.2, 0.25) is 0 Å². The van der Waals surface area contributed by atoms with E-state index in [-0.39, 0.29) is 24.8 Å². The Morgan fingerprint density at radius 1 is 0.742 bits per heavy atom. The molecule has 2 aromatic carbocycles. The molecular formula is C44H57N3O15. The Kier molecular flexibility index (Phi) is 22.7. The fraction of sp³-hybridized carbons (Fsp3) is 0.614. The van der Waals surface area contributed by atoms with Crippen LogP contribution in [0.1, 0.15) is 65.5 Å². The summed E-state index contributed by atoms with van der Waals surface area (Å²) in [5.41, 5.74) is 11.7. The third-order valence-electron chi connectivity index (χ3n) is 10.7. The Balaban J connectivity index is 0.00000161. The third-order valence-corrected chi connectivity index (χ3v) is 10.7. The number of nitrogens with zero attached hydrogens (tertiary/aromatic N) is 3. The highest BCUT2D eigenvalue weighted by molar-refractivity contribution is 5.65. The Bertz CT molecular complexity index is 1770. The van der Waals surface area contributed by atoms with Gasteiger partial charge in [-0.1, -0.05) is 86.5 Å². The average Bonchev–Trinajstić information content (AvgIpc) is 3.25. The zero-order valence-corrected chi connectivity index (χ0v) is 35.8. The van der Waals surface area contributed by atoms with Gasteiger partial charge in [-0.25, -0.2) is 0 Å². The second kappa shape index (κ2) is 27.3. The van der Waals surface area contributed by atoms with Gasteiger partial charge in [-0.2, -0.15) is 19.2 Å². The van der Waals surface area contributed by atoms with Crippen LogP contribution in [0, 0.1) is 30.1 Å². The normalized spacial score (nSPS) is 32.6. The van der Waals surface area contributed by atoms with Crippen LogP contribution in [0.15, 0.2) is 65.8 Å². The van der Waals surface area contributed by atoms with Crippen molar-refractivity contribution in [2.45, 2.75) is 141 Å². The second-order valence-electron chi connectivity index (χ2n) is 15.1. The zero-order chi connectivity index (χ0) is 45.6. The van der Waals surface area contributed by atoms with Crippen molar-refractivity contribution in [2.24, 2.45) is 22.9 Å². The van der Waals surface area contributed by atoms with Gasteiger partial charge < -0.3 is 47.7 Å². The van der Waals surface area contributed by atoms with E-state index in [1.54, 1.807) is 6.92 Å². The Hall–Kier alpha value is -4.82. The highest BCUT2D eigenvalue weighted by atomic mass is 16.7. The molecule has 18 nitrogen and oxygen atoms in total. The molecule has 0 aromatic heterocycles. The summed E-state index contributed by atoms with van der Waals surface area (Å²) in [5, 5.41) is 15.3. The molecule has 0 bridgehead atoms. The van der Waals surface area contributed by atoms with E-state index in [0.717, 1.165) is 11.1 Å². The molecule has 1 N–H and O–H groups in total. The van der Waals surface area contributed by atoms with Gasteiger partial charge in [0.2, 0.25) is 0 Å². The second-order valence-corrected chi connectivity index (χ2v) is 15.1. The van der Waals surface area contributed by atoms with Crippen molar-refractivity contribution >= 4 is 18.3 Å². The molecule has 338 valence electrons. The van der Waals surface area contributed by atoms with Crippen LogP contribution in [0.4, 0.5) is 0 Å². The molecule has 15 atom stereocenters. The van der Waals surface area contributed by atoms with E-state index in [4.69, 9.17) is 68.2 Å². The van der Waals surface area contributed by atoms with Gasteiger partial charge in [0.25, 0.3) is 0 Å². The molecule has 0 radical (unpaired) electrons. The third kappa shape index (κ3) is 15.2. The summed E-state index contributed by atoms with van der Waals surface area (Å²) >= 11 is 0. The topological polar surface area (TPSA) is 237 Å². The van der Waals surface area contributed by atoms with Crippen LogP contribution in [0.25, 0.3) is 10.4 Å². The van der Waals surface area contributed by atoms with Crippen LogP contribution in [0.5, 0.6) is 0 Å². The SMILES string of the molecule is C#CCCCO[C@@H]1OC(C)[C@@H](O[C@@H]2OC(COC(C)=O)[C@@H](O[C@@H]3OC(C)[C@@H](O)[C@@H](OCc4ccccc4)C3C)[C@H](C)C2N=[N+]=[N-])[C@@H](OCc2ccccc2)C1C.O=C=O.O=C=O. The van der Waals surface area contributed by atoms with Crippen LogP contribution >= 0.6 is 0 Å². The number of hydrogen-bond donors (Lipinski definition) is 1. The molecule has 3 saturated heterocycles. The molecule has 0 amide bonds. The molecule has 3 aliphatic rings. The number of esters is 1. The minimum absolute atomic E-state index is 0.172. The van der Waals surface area contributed by atoms with Gasteiger partial charge in [-0.15, -0.1) is 12.3 Å². The van der Waals surface area contributed by atoms with Crippen LogP contribution < -0.4 is 0 Å². The summed E-state index contributed by atoms with van der Waals surface area (Å²) in [6.07, 6.45) is -0.881. The quantitative estimate of drug-likeness (QED) is 0.0555. The summed E-state index contributed by atoms with van der Waals surface area (Å²) in [4.78, 5) is 47.8. The van der Waals surface area contributed by atoms with Gasteiger partial charge in [-0.05, 0) is 42.8 Å². The Morgan fingerprint density at radius 2 is 1.27 bits per heavy atom. The molecule has 6 unspecified atom stereocenters. The number of aliphatic hydroxyl groups is 1. The lowest BCUT2D eigenvalue weighted by molar-refractivity contribution is -0.352. The standard InChI is InChI=1S/C42H57N3O11.2CO2/c1-8-9-16-21-48-40-27(4)38(51-23-32-19-14-11-15-20-32)39(29(6)53-40)56-42-34(44-45-43)25(2)36(33(54-42)24-49-30(7)46)55-41-26(3)37(35(47)28(5)52-41)50-22-31-17-12-10-13-18-31;2*2-1-3/h1,10-15,17-20,25-29,33-42,47H,9,16,21-24H2,2-7H3;;/t25-,26?,27?,28?,29?,33?,34?,35-,36+,37+,38+,39-,40-,41+,42+;;/m1../s1. The van der Waals surface area contributed by atoms with E-state index in [2.05, 4.69) is 15.9 Å². The van der Waals surface area contributed by atoms with E-state index < -0.39 is 91.5 Å². The van der Waals surface area contributed by atoms with Crippen molar-refractivity contribution in [2.75, 3.05) is 13.2 Å². The molecule has 3 heterocycles. The van der Waals surface area contributed by atoms with Crippen LogP contribution in [-0.4, -0.2) is 110 Å². The van der Waals surface area contributed by atoms with Crippen molar-refractivity contribution in [3.05, 3.63) is 82.2 Å². The van der Waals surface area contributed by atoms with Crippen molar-refractivity contribution < 1.29 is 71.7 Å². The number of carbonyl (C=O) groups excluding carboxylic acids is 5. The fourth-order valence-electron chi connectivity index (χ4n) is 7.52. The van der Waals surface area contributed by atoms with E-state index >= 15 is 0 Å². The highest BCUT2D eigenvalue weighted by Gasteiger charge is 2.52. The van der Waals surface area contributed by atoms with Crippen LogP contribution in [0.3, 0.4) is 0 Å². The number of hydrogen-bond acceptors (Lipinski definition) is 16. The number of unbranched alkanes of at least 4 members (excludes halogenated alkanes) is 1. The van der Waals surface area contributed by atoms with E-state index in [1.807, 2.05) is 88.4 Å². The minimum atomic E-state index is -1.10. The van der Waals surface area contributed by atoms with Crippen molar-refractivity contribution in [1.82, 2.24) is 0 Å². The maximum atomic E-state index is 12.1. The van der Waals surface area contributed by atoms with E-state index in [1.165, 1.54) is 6.92 Å². The maximum absolute atomic E-state index is 12.1. The fourth-order valence-corrected chi connectivity index (χ4v) is 7.52. The first-order valence-electron chi connectivity index (χ1n) is 20.3. The van der Waals surface area contributed by atoms with Crippen molar-refractivity contribution in [1.29, 1.82) is 0 Å². The number of benzene rings is 2. The lowest BCUT2D eigenvalue weighted by atomic mass is 9.87. The summed E-state index contributed by atoms with van der Waals surface area (Å²) in [5.74, 6) is 0.892. The van der Waals surface area contributed by atoms with Crippen LogP contribution in [-0.2, 0) is 79.8 Å². The van der Waals surface area contributed by atoms with Gasteiger partial charge >= 0.3 is 18.3 Å². The van der Waals surface area contributed by atoms with Gasteiger partial charge in [0.1, 0.15) is 24.9 Å². The maximum Gasteiger partial charge on any atom is 0.373 e. The molecule has 2 aromatic rings. The number of rotatable bonds is 17. The smallest absolute Gasteiger partial charge is 0.373 e. The number of ether oxygens (including phenoxy) is 9. The summed E-state index contributed by atoms with van der Waals surface area (Å²) in [6.45, 7) is 11.5. The molecule has 62 heavy (non-hydrogen) atoms.